The van der Waals surface area contributed by atoms with Crippen LogP contribution in [0.25, 0.3) is 11.1 Å². The number of benzene rings is 1. The predicted molar refractivity (Wildman–Crippen MR) is 98.3 cm³/mol. The summed E-state index contributed by atoms with van der Waals surface area (Å²) in [6.45, 7) is 10.3. The van der Waals surface area contributed by atoms with Crippen molar-refractivity contribution in [1.29, 1.82) is 0 Å². The van der Waals surface area contributed by atoms with Crippen LogP contribution in [0.2, 0.25) is 0 Å². The minimum Gasteiger partial charge on any atom is -0.443 e. The van der Waals surface area contributed by atoms with Crippen LogP contribution in [0, 0.1) is 0 Å². The second-order valence-electron chi connectivity index (χ2n) is 6.46. The molecule has 4 heteroatoms. The van der Waals surface area contributed by atoms with Crippen LogP contribution in [-0.2, 0) is 11.2 Å². The predicted octanol–water partition coefficient (Wildman–Crippen LogP) is 5.07. The van der Waals surface area contributed by atoms with Crippen molar-refractivity contribution in [2.45, 2.75) is 46.6 Å². The number of pyridine rings is 1. The van der Waals surface area contributed by atoms with E-state index in [0.29, 0.717) is 6.54 Å². The van der Waals surface area contributed by atoms with Gasteiger partial charge in [0.15, 0.2) is 0 Å². The van der Waals surface area contributed by atoms with Gasteiger partial charge in [-0.05, 0) is 62.1 Å². The lowest BCUT2D eigenvalue weighted by molar-refractivity contribution is 0.0584. The van der Waals surface area contributed by atoms with Gasteiger partial charge in [-0.1, -0.05) is 26.0 Å². The third-order valence-corrected chi connectivity index (χ3v) is 3.61. The normalized spacial score (nSPS) is 13.0. The zero-order chi connectivity index (χ0) is 17.7. The van der Waals surface area contributed by atoms with Gasteiger partial charge in [-0.15, -0.1) is 0 Å². The molecule has 0 unspecified atom stereocenters. The fourth-order valence-electron chi connectivity index (χ4n) is 2.61. The van der Waals surface area contributed by atoms with E-state index >= 15 is 0 Å². The van der Waals surface area contributed by atoms with Crippen molar-refractivity contribution in [2.75, 3.05) is 11.4 Å². The highest BCUT2D eigenvalue weighted by Crippen LogP contribution is 2.33. The van der Waals surface area contributed by atoms with Crippen LogP contribution in [0.15, 0.2) is 42.7 Å². The monoisotopic (exact) mass is 326 g/mol. The number of nitrogens with zero attached hydrogens (tertiary/aromatic N) is 2. The van der Waals surface area contributed by atoms with E-state index in [0.717, 1.165) is 23.2 Å². The maximum absolute atomic E-state index is 12.4. The molecule has 0 spiro atoms. The smallest absolute Gasteiger partial charge is 0.414 e. The molecular formula is C20H26N2O2. The third kappa shape index (κ3) is 4.13. The van der Waals surface area contributed by atoms with Gasteiger partial charge in [0.1, 0.15) is 5.60 Å². The van der Waals surface area contributed by atoms with E-state index in [-0.39, 0.29) is 6.09 Å². The van der Waals surface area contributed by atoms with Crippen molar-refractivity contribution < 1.29 is 9.53 Å². The molecular weight excluding hydrogens is 300 g/mol. The van der Waals surface area contributed by atoms with Crippen molar-refractivity contribution in [1.82, 2.24) is 4.98 Å². The summed E-state index contributed by atoms with van der Waals surface area (Å²) in [6, 6.07) is 10.2. The summed E-state index contributed by atoms with van der Waals surface area (Å²) in [4.78, 5) is 18.1. The number of carbonyl (C=O) groups is 1. The highest BCUT2D eigenvalue weighted by Gasteiger charge is 2.29. The Hall–Kier alpha value is -2.36. The molecule has 0 radical (unpaired) electrons. The van der Waals surface area contributed by atoms with Crippen LogP contribution in [0.4, 0.5) is 10.5 Å². The number of rotatable bonds is 1. The first-order chi connectivity index (χ1) is 11.4. The van der Waals surface area contributed by atoms with Crippen molar-refractivity contribution in [3.63, 3.8) is 0 Å². The van der Waals surface area contributed by atoms with E-state index in [2.05, 4.69) is 23.2 Å². The molecule has 24 heavy (non-hydrogen) atoms. The summed E-state index contributed by atoms with van der Waals surface area (Å²) in [5.74, 6) is 0. The fourth-order valence-corrected chi connectivity index (χ4v) is 2.61. The summed E-state index contributed by atoms with van der Waals surface area (Å²) in [5.41, 5.74) is 3.82. The highest BCUT2D eigenvalue weighted by molar-refractivity contribution is 5.91. The molecule has 1 amide bonds. The lowest BCUT2D eigenvalue weighted by Crippen LogP contribution is -2.35. The number of hydrogen-bond acceptors (Lipinski definition) is 3. The lowest BCUT2D eigenvalue weighted by Gasteiger charge is -2.25. The van der Waals surface area contributed by atoms with Crippen molar-refractivity contribution >= 4 is 11.8 Å². The van der Waals surface area contributed by atoms with E-state index in [4.69, 9.17) is 4.74 Å². The van der Waals surface area contributed by atoms with Crippen LogP contribution in [0.5, 0.6) is 0 Å². The van der Waals surface area contributed by atoms with E-state index in [1.54, 1.807) is 17.3 Å². The number of ether oxygens (including phenoxy) is 1. The number of amides is 1. The molecule has 0 N–H and O–H groups in total. The Bertz CT molecular complexity index is 691. The summed E-state index contributed by atoms with van der Waals surface area (Å²) in [6.07, 6.45) is 4.13. The van der Waals surface area contributed by atoms with Gasteiger partial charge in [-0.2, -0.15) is 0 Å². The van der Waals surface area contributed by atoms with E-state index in [9.17, 15) is 4.79 Å². The molecule has 3 rings (SSSR count). The Kier molecular flexibility index (Phi) is 5.60. The van der Waals surface area contributed by atoms with Gasteiger partial charge in [0, 0.05) is 18.9 Å². The number of anilines is 1. The number of aromatic nitrogens is 1. The first kappa shape index (κ1) is 18.0. The molecule has 0 saturated carbocycles. The van der Waals surface area contributed by atoms with E-state index in [1.807, 2.05) is 46.8 Å². The van der Waals surface area contributed by atoms with Gasteiger partial charge >= 0.3 is 6.09 Å². The van der Waals surface area contributed by atoms with Crippen molar-refractivity contribution in [3.05, 3.63) is 48.3 Å². The molecule has 1 aliphatic heterocycles. The van der Waals surface area contributed by atoms with Crippen molar-refractivity contribution in [2.24, 2.45) is 0 Å². The first-order valence-electron chi connectivity index (χ1n) is 8.48. The van der Waals surface area contributed by atoms with Gasteiger partial charge < -0.3 is 4.74 Å². The minimum absolute atomic E-state index is 0.280. The molecule has 0 atom stereocenters. The van der Waals surface area contributed by atoms with E-state index in [1.165, 1.54) is 5.56 Å². The molecule has 128 valence electrons. The van der Waals surface area contributed by atoms with Gasteiger partial charge in [-0.25, -0.2) is 4.79 Å². The number of fused-ring (bicyclic) bond motifs is 1. The summed E-state index contributed by atoms with van der Waals surface area (Å²) >= 11 is 0. The Morgan fingerprint density at radius 3 is 2.38 bits per heavy atom. The molecule has 1 aliphatic rings. The molecule has 1 aromatic heterocycles. The zero-order valence-electron chi connectivity index (χ0n) is 15.2. The first-order valence-corrected chi connectivity index (χ1v) is 8.48. The lowest BCUT2D eigenvalue weighted by atomic mass is 10.0. The maximum atomic E-state index is 12.4. The van der Waals surface area contributed by atoms with Gasteiger partial charge in [0.05, 0.1) is 5.69 Å². The zero-order valence-corrected chi connectivity index (χ0v) is 15.2. The largest absolute Gasteiger partial charge is 0.443 e. The number of carbonyl (C=O) groups excluding carboxylic acids is 1. The molecule has 1 aromatic carbocycles. The van der Waals surface area contributed by atoms with E-state index < -0.39 is 5.60 Å². The van der Waals surface area contributed by atoms with Crippen LogP contribution < -0.4 is 4.90 Å². The minimum atomic E-state index is -0.484. The Balaban J connectivity index is 0.00000100. The van der Waals surface area contributed by atoms with Gasteiger partial charge in [0.2, 0.25) is 0 Å². The Morgan fingerprint density at radius 2 is 1.75 bits per heavy atom. The van der Waals surface area contributed by atoms with Gasteiger partial charge in [0.25, 0.3) is 0 Å². The highest BCUT2D eigenvalue weighted by atomic mass is 16.6. The van der Waals surface area contributed by atoms with Gasteiger partial charge in [-0.3, -0.25) is 9.88 Å². The molecule has 0 fully saturated rings. The topological polar surface area (TPSA) is 42.4 Å². The number of hydrogen-bond donors (Lipinski definition) is 0. The molecule has 2 aromatic rings. The molecule has 0 bridgehead atoms. The SMILES string of the molecule is CC.CC(C)(C)OC(=O)N1CCc2ccc(-c3ccncc3)cc21. The third-order valence-electron chi connectivity index (χ3n) is 3.61. The second-order valence-corrected chi connectivity index (χ2v) is 6.46. The molecule has 0 saturated heterocycles. The molecule has 2 heterocycles. The summed E-state index contributed by atoms with van der Waals surface area (Å²) < 4.78 is 5.50. The standard InChI is InChI=1S/C18H20N2O2.C2H6/c1-18(2,3)22-17(21)20-11-8-14-4-5-15(12-16(14)20)13-6-9-19-10-7-13;1-2/h4-7,9-10,12H,8,11H2,1-3H3;1-2H3. The Morgan fingerprint density at radius 1 is 1.08 bits per heavy atom. The summed E-state index contributed by atoms with van der Waals surface area (Å²) in [5, 5.41) is 0. The second kappa shape index (κ2) is 7.47. The molecule has 0 aliphatic carbocycles. The van der Waals surface area contributed by atoms with Crippen LogP contribution in [0.1, 0.15) is 40.2 Å². The summed E-state index contributed by atoms with van der Waals surface area (Å²) in [7, 11) is 0. The quantitative estimate of drug-likeness (QED) is 0.734. The molecule has 4 nitrogen and oxygen atoms in total. The van der Waals surface area contributed by atoms with Crippen molar-refractivity contribution in [3.8, 4) is 11.1 Å². The average Bonchev–Trinajstić information content (AvgIpc) is 2.99. The van der Waals surface area contributed by atoms with Crippen LogP contribution >= 0.6 is 0 Å². The Labute approximate surface area is 144 Å². The maximum Gasteiger partial charge on any atom is 0.414 e. The fraction of sp³-hybridized carbons (Fsp3) is 0.400. The van der Waals surface area contributed by atoms with Crippen LogP contribution in [0.3, 0.4) is 0 Å². The van der Waals surface area contributed by atoms with Crippen LogP contribution in [-0.4, -0.2) is 23.2 Å². The average molecular weight is 326 g/mol.